The van der Waals surface area contributed by atoms with Gasteiger partial charge in [-0.3, -0.25) is 0 Å². The van der Waals surface area contributed by atoms with E-state index in [1.165, 1.54) is 31.3 Å². The van der Waals surface area contributed by atoms with Crippen LogP contribution < -0.4 is 0 Å². The summed E-state index contributed by atoms with van der Waals surface area (Å²) in [6, 6.07) is 0.835. The van der Waals surface area contributed by atoms with Crippen molar-refractivity contribution in [3.8, 4) is 0 Å². The lowest BCUT2D eigenvalue weighted by atomic mass is 9.99. The highest BCUT2D eigenvalue weighted by molar-refractivity contribution is 5.01. The lowest BCUT2D eigenvalue weighted by Gasteiger charge is -2.08. The molecule has 0 unspecified atom stereocenters. The Balaban J connectivity index is 2.53. The first-order valence-corrected chi connectivity index (χ1v) is 4.31. The van der Waals surface area contributed by atoms with Crippen LogP contribution in [0.15, 0.2) is 11.6 Å². The third-order valence-electron chi connectivity index (χ3n) is 2.08. The van der Waals surface area contributed by atoms with Crippen molar-refractivity contribution in [1.29, 1.82) is 0 Å². The van der Waals surface area contributed by atoms with Crippen LogP contribution >= 0.6 is 0 Å². The summed E-state index contributed by atoms with van der Waals surface area (Å²) in [4.78, 5) is 0. The minimum atomic E-state index is 0.456. The zero-order chi connectivity index (χ0) is 8.81. The van der Waals surface area contributed by atoms with E-state index in [0.29, 0.717) is 6.90 Å². The van der Waals surface area contributed by atoms with Gasteiger partial charge in [0.05, 0.1) is 1.37 Å². The highest BCUT2D eigenvalue weighted by Crippen LogP contribution is 2.18. The normalized spacial score (nSPS) is 24.8. The predicted molar refractivity (Wildman–Crippen MR) is 46.1 cm³/mol. The number of allylic oxidation sites excluding steroid dienone is 2. The van der Waals surface area contributed by atoms with Crippen molar-refractivity contribution in [3.63, 3.8) is 0 Å². The quantitative estimate of drug-likeness (QED) is 0.487. The minimum Gasteiger partial charge on any atom is -0.0853 e. The fraction of sp³-hybridized carbons (Fsp3) is 0.800. The smallest absolute Gasteiger partial charge is 0.0575 e. The zero-order valence-electron chi connectivity index (χ0n) is 8.66. The van der Waals surface area contributed by atoms with Gasteiger partial charge in [-0.05, 0) is 32.1 Å². The van der Waals surface area contributed by atoms with Crippen LogP contribution in [0.2, 0.25) is 0 Å². The van der Waals surface area contributed by atoms with Gasteiger partial charge in [0.15, 0.2) is 0 Å². The Hall–Kier alpha value is -0.260. The average molecular weight is 140 g/mol. The maximum atomic E-state index is 7.77. The topological polar surface area (TPSA) is 0 Å². The molecular weight excluding hydrogens is 120 g/mol. The third kappa shape index (κ3) is 2.55. The van der Waals surface area contributed by atoms with Gasteiger partial charge in [0.1, 0.15) is 0 Å². The average Bonchev–Trinajstić information content (AvgIpc) is 2.05. The number of hydrogen-bond donors (Lipinski definition) is 0. The van der Waals surface area contributed by atoms with E-state index >= 15 is 0 Å². The highest BCUT2D eigenvalue weighted by atomic mass is 14.0. The maximum Gasteiger partial charge on any atom is 0.0575 e. The summed E-state index contributed by atoms with van der Waals surface area (Å²) in [5, 5.41) is 0. The molecule has 0 amide bonds. The molecule has 1 aliphatic carbocycles. The molecule has 0 nitrogen and oxygen atoms in total. The third-order valence-corrected chi connectivity index (χ3v) is 2.08. The molecule has 0 N–H and O–H groups in total. The molecule has 0 saturated carbocycles. The second-order valence-corrected chi connectivity index (χ2v) is 2.94. The van der Waals surface area contributed by atoms with Crippen LogP contribution in [0.1, 0.15) is 54.6 Å². The summed E-state index contributed by atoms with van der Waals surface area (Å²) in [5.41, 5.74) is 1.25. The van der Waals surface area contributed by atoms with Crippen molar-refractivity contribution >= 4 is 0 Å². The van der Waals surface area contributed by atoms with E-state index in [2.05, 4.69) is 0 Å². The van der Waals surface area contributed by atoms with E-state index in [4.69, 9.17) is 2.74 Å². The van der Waals surface area contributed by atoms with Crippen molar-refractivity contribution in [3.05, 3.63) is 11.6 Å². The molecule has 0 saturated heterocycles. The Morgan fingerprint density at radius 1 is 1.50 bits per heavy atom. The van der Waals surface area contributed by atoms with Gasteiger partial charge in [-0.15, -0.1) is 0 Å². The molecule has 58 valence electrons. The van der Waals surface area contributed by atoms with Crippen molar-refractivity contribution in [1.82, 2.24) is 0 Å². The molecule has 1 aliphatic rings. The van der Waals surface area contributed by atoms with Crippen LogP contribution in [-0.4, -0.2) is 0 Å². The van der Waals surface area contributed by atoms with Crippen molar-refractivity contribution in [2.24, 2.45) is 0 Å². The summed E-state index contributed by atoms with van der Waals surface area (Å²) in [6.45, 7) is 0.456. The fourth-order valence-electron chi connectivity index (χ4n) is 1.38. The number of hydrogen-bond acceptors (Lipinski definition) is 0. The summed E-state index contributed by atoms with van der Waals surface area (Å²) >= 11 is 0. The van der Waals surface area contributed by atoms with E-state index in [-0.39, 0.29) is 0 Å². The molecular formula is C10H18. The molecule has 0 bridgehead atoms. The molecule has 0 heterocycles. The van der Waals surface area contributed by atoms with Gasteiger partial charge in [-0.2, -0.15) is 0 Å². The van der Waals surface area contributed by atoms with E-state index < -0.39 is 0 Å². The Bertz CT molecular complexity index is 161. The van der Waals surface area contributed by atoms with E-state index in [1.807, 2.05) is 0 Å². The molecule has 0 radical (unpaired) electrons. The van der Waals surface area contributed by atoms with E-state index in [1.54, 1.807) is 0 Å². The molecule has 0 aromatic rings. The van der Waals surface area contributed by atoms with Crippen LogP contribution in [0, 0.1) is 0 Å². The lowest BCUT2D eigenvalue weighted by Crippen LogP contribution is -1.88. The van der Waals surface area contributed by atoms with Crippen molar-refractivity contribution in [2.45, 2.75) is 51.8 Å². The molecule has 0 heteroatoms. The Morgan fingerprint density at radius 2 is 2.40 bits per heavy atom. The van der Waals surface area contributed by atoms with Crippen LogP contribution in [0.4, 0.5) is 0 Å². The fourth-order valence-corrected chi connectivity index (χ4v) is 1.38. The molecule has 0 spiro atoms. The van der Waals surface area contributed by atoms with E-state index in [0.717, 1.165) is 25.3 Å². The minimum absolute atomic E-state index is 0.456. The molecule has 0 aliphatic heterocycles. The van der Waals surface area contributed by atoms with Crippen LogP contribution in [0.5, 0.6) is 0 Å². The lowest BCUT2D eigenvalue weighted by molar-refractivity contribution is 0.618. The highest BCUT2D eigenvalue weighted by Gasteiger charge is 1.98. The van der Waals surface area contributed by atoms with Gasteiger partial charge in [-0.25, -0.2) is 0 Å². The maximum absolute atomic E-state index is 7.77. The summed E-state index contributed by atoms with van der Waals surface area (Å²) in [7, 11) is 0. The first-order valence-electron chi connectivity index (χ1n) is 5.52. The Labute approximate surface area is 67.1 Å². The molecule has 10 heavy (non-hydrogen) atoms. The first kappa shape index (κ1) is 5.40. The molecule has 0 fully saturated rings. The van der Waals surface area contributed by atoms with Crippen LogP contribution in [0.3, 0.4) is 0 Å². The second kappa shape index (κ2) is 4.54. The summed E-state index contributed by atoms with van der Waals surface area (Å²) in [6.07, 6.45) is 7.88. The van der Waals surface area contributed by atoms with Gasteiger partial charge < -0.3 is 0 Å². The Morgan fingerprint density at radius 3 is 3.30 bits per heavy atom. The predicted octanol–water partition coefficient (Wildman–Crippen LogP) is 3.68. The monoisotopic (exact) mass is 140 g/mol. The van der Waals surface area contributed by atoms with Crippen molar-refractivity contribution < 1.29 is 2.74 Å². The van der Waals surface area contributed by atoms with Crippen molar-refractivity contribution in [2.75, 3.05) is 0 Å². The zero-order valence-corrected chi connectivity index (χ0v) is 6.66. The van der Waals surface area contributed by atoms with Gasteiger partial charge in [-0.1, -0.05) is 31.4 Å². The molecule has 1 rings (SSSR count). The standard InChI is InChI=1S/C10H18/c1-2-10-8-6-4-3-5-7-9-10/h8H,2-7,9H2,1H3/i1D,8D. The molecule has 0 aromatic heterocycles. The SMILES string of the molecule is [2H]CCC1=C([2H])CCCCCC1. The van der Waals surface area contributed by atoms with Crippen LogP contribution in [0.25, 0.3) is 0 Å². The van der Waals surface area contributed by atoms with Gasteiger partial charge >= 0.3 is 0 Å². The van der Waals surface area contributed by atoms with Crippen LogP contribution in [-0.2, 0) is 0 Å². The second-order valence-electron chi connectivity index (χ2n) is 2.94. The van der Waals surface area contributed by atoms with E-state index in [9.17, 15) is 0 Å². The summed E-state index contributed by atoms with van der Waals surface area (Å²) < 4.78 is 14.9. The van der Waals surface area contributed by atoms with Gasteiger partial charge in [0.2, 0.25) is 0 Å². The largest absolute Gasteiger partial charge is 0.0853 e. The molecule has 0 aromatic carbocycles. The summed E-state index contributed by atoms with van der Waals surface area (Å²) in [5.74, 6) is 0. The first-order chi connectivity index (χ1) is 5.84. The van der Waals surface area contributed by atoms with Gasteiger partial charge in [0, 0.05) is 1.37 Å². The number of rotatable bonds is 1. The Kier molecular flexibility index (Phi) is 2.45. The molecule has 0 atom stereocenters. The van der Waals surface area contributed by atoms with Gasteiger partial charge in [0.25, 0.3) is 0 Å².